The minimum Gasteiger partial charge on any atom is -0.398 e. The molecule has 110 valence electrons. The van der Waals surface area contributed by atoms with Crippen LogP contribution in [0.5, 0.6) is 0 Å². The van der Waals surface area contributed by atoms with Crippen molar-refractivity contribution in [3.8, 4) is 0 Å². The lowest BCUT2D eigenvalue weighted by atomic mass is 9.78. The molecule has 1 aliphatic rings. The first-order valence-electron chi connectivity index (χ1n) is 7.05. The van der Waals surface area contributed by atoms with Crippen LogP contribution in [0.15, 0.2) is 12.1 Å². The van der Waals surface area contributed by atoms with Crippen LogP contribution in [0.4, 0.5) is 15.8 Å². The SMILES string of the molecule is CC1CCCC(Nc2cc(C(N)=O)c(N)cc2F)C1C. The van der Waals surface area contributed by atoms with Crippen molar-refractivity contribution >= 4 is 17.3 Å². The highest BCUT2D eigenvalue weighted by molar-refractivity contribution is 5.99. The quantitative estimate of drug-likeness (QED) is 0.744. The Balaban J connectivity index is 2.24. The standard InChI is InChI=1S/C15H22FN3O/c1-8-4-3-5-13(9(8)2)19-14-6-10(15(18)20)12(17)7-11(14)16/h6-9,13,19H,3-5,17H2,1-2H3,(H2,18,20). The van der Waals surface area contributed by atoms with E-state index in [-0.39, 0.29) is 17.3 Å². The van der Waals surface area contributed by atoms with Gasteiger partial charge in [-0.25, -0.2) is 4.39 Å². The molecule has 4 nitrogen and oxygen atoms in total. The number of anilines is 2. The van der Waals surface area contributed by atoms with Gasteiger partial charge in [0.1, 0.15) is 5.82 Å². The molecule has 3 atom stereocenters. The highest BCUT2D eigenvalue weighted by Crippen LogP contribution is 2.33. The van der Waals surface area contributed by atoms with E-state index < -0.39 is 11.7 Å². The second kappa shape index (κ2) is 5.69. The van der Waals surface area contributed by atoms with E-state index in [1.54, 1.807) is 0 Å². The summed E-state index contributed by atoms with van der Waals surface area (Å²) in [4.78, 5) is 11.3. The van der Waals surface area contributed by atoms with E-state index in [2.05, 4.69) is 19.2 Å². The van der Waals surface area contributed by atoms with E-state index in [4.69, 9.17) is 11.5 Å². The first-order valence-corrected chi connectivity index (χ1v) is 7.05. The number of hydrogen-bond donors (Lipinski definition) is 3. The van der Waals surface area contributed by atoms with Crippen molar-refractivity contribution in [3.05, 3.63) is 23.5 Å². The zero-order chi connectivity index (χ0) is 14.9. The molecule has 2 rings (SSSR count). The molecule has 1 amide bonds. The molecule has 1 aromatic rings. The molecule has 0 aliphatic heterocycles. The van der Waals surface area contributed by atoms with Crippen molar-refractivity contribution < 1.29 is 9.18 Å². The lowest BCUT2D eigenvalue weighted by Gasteiger charge is -2.35. The fraction of sp³-hybridized carbons (Fsp3) is 0.533. The molecule has 1 aliphatic carbocycles. The predicted molar refractivity (Wildman–Crippen MR) is 78.9 cm³/mol. The van der Waals surface area contributed by atoms with Gasteiger partial charge in [-0.1, -0.05) is 26.7 Å². The number of nitrogens with two attached hydrogens (primary N) is 2. The Kier molecular flexibility index (Phi) is 4.16. The van der Waals surface area contributed by atoms with Gasteiger partial charge in [-0.3, -0.25) is 4.79 Å². The van der Waals surface area contributed by atoms with Crippen molar-refractivity contribution in [2.24, 2.45) is 17.6 Å². The van der Waals surface area contributed by atoms with Crippen molar-refractivity contribution in [2.75, 3.05) is 11.1 Å². The van der Waals surface area contributed by atoms with Crippen LogP contribution in [0, 0.1) is 17.7 Å². The Hall–Kier alpha value is -1.78. The number of amides is 1. The Morgan fingerprint density at radius 3 is 2.70 bits per heavy atom. The van der Waals surface area contributed by atoms with Gasteiger partial charge in [-0.05, 0) is 30.4 Å². The normalized spacial score (nSPS) is 26.2. The highest BCUT2D eigenvalue weighted by atomic mass is 19.1. The van der Waals surface area contributed by atoms with Crippen LogP contribution < -0.4 is 16.8 Å². The second-order valence-electron chi connectivity index (χ2n) is 5.80. The Morgan fingerprint density at radius 2 is 2.05 bits per heavy atom. The van der Waals surface area contributed by atoms with Gasteiger partial charge in [0.15, 0.2) is 0 Å². The molecule has 1 saturated carbocycles. The third kappa shape index (κ3) is 2.86. The Labute approximate surface area is 118 Å². The maximum Gasteiger partial charge on any atom is 0.250 e. The monoisotopic (exact) mass is 279 g/mol. The second-order valence-corrected chi connectivity index (χ2v) is 5.80. The number of rotatable bonds is 3. The molecule has 5 heteroatoms. The largest absolute Gasteiger partial charge is 0.398 e. The molecule has 20 heavy (non-hydrogen) atoms. The zero-order valence-electron chi connectivity index (χ0n) is 11.9. The molecule has 3 unspecified atom stereocenters. The molecule has 0 aromatic heterocycles. The number of carbonyl (C=O) groups is 1. The summed E-state index contributed by atoms with van der Waals surface area (Å²) in [6, 6.07) is 2.77. The van der Waals surface area contributed by atoms with Crippen LogP contribution in [0.2, 0.25) is 0 Å². The number of nitrogen functional groups attached to an aromatic ring is 1. The lowest BCUT2D eigenvalue weighted by molar-refractivity contribution is 0.100. The van der Waals surface area contributed by atoms with Crippen LogP contribution in [0.1, 0.15) is 43.5 Å². The number of carbonyl (C=O) groups excluding carboxylic acids is 1. The van der Waals surface area contributed by atoms with Crippen molar-refractivity contribution in [1.29, 1.82) is 0 Å². The van der Waals surface area contributed by atoms with Gasteiger partial charge < -0.3 is 16.8 Å². The molecule has 5 N–H and O–H groups in total. The maximum atomic E-state index is 14.0. The van der Waals surface area contributed by atoms with Crippen LogP contribution in [0.3, 0.4) is 0 Å². The summed E-state index contributed by atoms with van der Waals surface area (Å²) in [6.07, 6.45) is 3.33. The number of benzene rings is 1. The molecule has 1 fully saturated rings. The fourth-order valence-electron chi connectivity index (χ4n) is 2.90. The Bertz CT molecular complexity index is 518. The molecule has 0 spiro atoms. The van der Waals surface area contributed by atoms with E-state index in [1.807, 2.05) is 0 Å². The summed E-state index contributed by atoms with van der Waals surface area (Å²) >= 11 is 0. The van der Waals surface area contributed by atoms with E-state index in [9.17, 15) is 9.18 Å². The Morgan fingerprint density at radius 1 is 1.35 bits per heavy atom. The van der Waals surface area contributed by atoms with Gasteiger partial charge in [0.2, 0.25) is 0 Å². The summed E-state index contributed by atoms with van der Waals surface area (Å²) in [7, 11) is 0. The van der Waals surface area contributed by atoms with Crippen LogP contribution in [0.25, 0.3) is 0 Å². The minimum absolute atomic E-state index is 0.0746. The highest BCUT2D eigenvalue weighted by Gasteiger charge is 2.27. The summed E-state index contributed by atoms with van der Waals surface area (Å²) in [5.74, 6) is -0.0278. The molecular formula is C15H22FN3O. The van der Waals surface area contributed by atoms with Gasteiger partial charge >= 0.3 is 0 Å². The van der Waals surface area contributed by atoms with Crippen LogP contribution in [-0.2, 0) is 0 Å². The van der Waals surface area contributed by atoms with Gasteiger partial charge in [-0.2, -0.15) is 0 Å². The third-order valence-corrected chi connectivity index (χ3v) is 4.45. The van der Waals surface area contributed by atoms with Gasteiger partial charge in [0.05, 0.1) is 11.3 Å². The number of nitrogens with one attached hydrogen (secondary N) is 1. The lowest BCUT2D eigenvalue weighted by Crippen LogP contribution is -2.35. The van der Waals surface area contributed by atoms with Crippen LogP contribution in [-0.4, -0.2) is 11.9 Å². The molecule has 0 bridgehead atoms. The number of halogens is 1. The average Bonchev–Trinajstić information content (AvgIpc) is 2.37. The maximum absolute atomic E-state index is 14.0. The minimum atomic E-state index is -0.643. The van der Waals surface area contributed by atoms with Crippen molar-refractivity contribution in [2.45, 2.75) is 39.2 Å². The fourth-order valence-corrected chi connectivity index (χ4v) is 2.90. The third-order valence-electron chi connectivity index (χ3n) is 4.45. The first-order chi connectivity index (χ1) is 9.40. The average molecular weight is 279 g/mol. The number of primary amides is 1. The summed E-state index contributed by atoms with van der Waals surface area (Å²) < 4.78 is 14.0. The topological polar surface area (TPSA) is 81.1 Å². The van der Waals surface area contributed by atoms with E-state index >= 15 is 0 Å². The molecule has 0 radical (unpaired) electrons. The number of hydrogen-bond acceptors (Lipinski definition) is 3. The smallest absolute Gasteiger partial charge is 0.250 e. The predicted octanol–water partition coefficient (Wildman–Crippen LogP) is 2.74. The van der Waals surface area contributed by atoms with Gasteiger partial charge in [-0.15, -0.1) is 0 Å². The van der Waals surface area contributed by atoms with Gasteiger partial charge in [0, 0.05) is 11.7 Å². The van der Waals surface area contributed by atoms with E-state index in [0.29, 0.717) is 17.5 Å². The van der Waals surface area contributed by atoms with Crippen LogP contribution >= 0.6 is 0 Å². The molecule has 0 saturated heterocycles. The molecule has 1 aromatic carbocycles. The first kappa shape index (κ1) is 14.6. The molecule has 0 heterocycles. The van der Waals surface area contributed by atoms with Crippen molar-refractivity contribution in [3.63, 3.8) is 0 Å². The van der Waals surface area contributed by atoms with Crippen molar-refractivity contribution in [1.82, 2.24) is 0 Å². The zero-order valence-corrected chi connectivity index (χ0v) is 11.9. The summed E-state index contributed by atoms with van der Waals surface area (Å²) in [6.45, 7) is 4.39. The van der Waals surface area contributed by atoms with E-state index in [1.165, 1.54) is 12.5 Å². The summed E-state index contributed by atoms with van der Waals surface area (Å²) in [5.41, 5.74) is 11.4. The molecular weight excluding hydrogens is 257 g/mol. The van der Waals surface area contributed by atoms with Gasteiger partial charge in [0.25, 0.3) is 5.91 Å². The summed E-state index contributed by atoms with van der Waals surface area (Å²) in [5, 5.41) is 3.21. The van der Waals surface area contributed by atoms with E-state index in [0.717, 1.165) is 18.9 Å².